The molecule has 3 nitrogen and oxygen atoms in total. The zero-order valence-corrected chi connectivity index (χ0v) is 11.2. The molecule has 0 aliphatic carbocycles. The van der Waals surface area contributed by atoms with E-state index in [2.05, 4.69) is 9.97 Å². The zero-order chi connectivity index (χ0) is 13.2. The maximum atomic E-state index is 5.99. The molecule has 4 heteroatoms. The second kappa shape index (κ2) is 4.86. The van der Waals surface area contributed by atoms with Gasteiger partial charge in [0.2, 0.25) is 0 Å². The summed E-state index contributed by atoms with van der Waals surface area (Å²) in [6, 6.07) is 15.8. The standard InChI is InChI=1S/C15H12ClN3/c1-19(12-5-3-2-4-6-12)15-13-8-7-11(16)9-14(13)17-10-18-15/h2-10H,1H3. The van der Waals surface area contributed by atoms with Gasteiger partial charge >= 0.3 is 0 Å². The molecule has 3 rings (SSSR count). The topological polar surface area (TPSA) is 29.0 Å². The SMILES string of the molecule is CN(c1ccccc1)c1ncnc2cc(Cl)ccc12. The Labute approximate surface area is 116 Å². The fourth-order valence-electron chi connectivity index (χ4n) is 2.06. The average Bonchev–Trinajstić information content (AvgIpc) is 2.46. The summed E-state index contributed by atoms with van der Waals surface area (Å²) in [6.45, 7) is 0. The monoisotopic (exact) mass is 269 g/mol. The first-order valence-electron chi connectivity index (χ1n) is 5.95. The number of para-hydroxylation sites is 1. The Hall–Kier alpha value is -2.13. The number of benzene rings is 2. The molecule has 0 amide bonds. The van der Waals surface area contributed by atoms with Gasteiger partial charge in [0.25, 0.3) is 0 Å². The van der Waals surface area contributed by atoms with E-state index in [4.69, 9.17) is 11.6 Å². The molecule has 0 aliphatic heterocycles. The van der Waals surface area contributed by atoms with Gasteiger partial charge in [-0.2, -0.15) is 0 Å². The molecule has 0 bridgehead atoms. The van der Waals surface area contributed by atoms with Crippen LogP contribution < -0.4 is 4.90 Å². The molecule has 0 fully saturated rings. The first-order valence-corrected chi connectivity index (χ1v) is 6.32. The lowest BCUT2D eigenvalue weighted by Crippen LogP contribution is -2.11. The molecular weight excluding hydrogens is 258 g/mol. The molecule has 0 atom stereocenters. The van der Waals surface area contributed by atoms with E-state index >= 15 is 0 Å². The van der Waals surface area contributed by atoms with Crippen molar-refractivity contribution >= 4 is 34.0 Å². The van der Waals surface area contributed by atoms with E-state index < -0.39 is 0 Å². The van der Waals surface area contributed by atoms with Crippen LogP contribution in [0.15, 0.2) is 54.9 Å². The number of hydrogen-bond donors (Lipinski definition) is 0. The lowest BCUT2D eigenvalue weighted by molar-refractivity contribution is 1.11. The number of rotatable bonds is 2. The molecule has 0 radical (unpaired) electrons. The normalized spacial score (nSPS) is 10.6. The first kappa shape index (κ1) is 11.9. The summed E-state index contributed by atoms with van der Waals surface area (Å²) in [7, 11) is 1.99. The van der Waals surface area contributed by atoms with Gasteiger partial charge in [0.1, 0.15) is 12.1 Å². The van der Waals surface area contributed by atoms with Crippen molar-refractivity contribution in [2.24, 2.45) is 0 Å². The summed E-state index contributed by atoms with van der Waals surface area (Å²) in [6.07, 6.45) is 1.56. The summed E-state index contributed by atoms with van der Waals surface area (Å²) in [5, 5.41) is 1.66. The summed E-state index contributed by atoms with van der Waals surface area (Å²) in [5.74, 6) is 0.868. The Morgan fingerprint density at radius 1 is 1.00 bits per heavy atom. The van der Waals surface area contributed by atoms with Gasteiger partial charge in [0, 0.05) is 23.1 Å². The lowest BCUT2D eigenvalue weighted by Gasteiger charge is -2.19. The number of halogens is 1. The molecule has 0 unspecified atom stereocenters. The van der Waals surface area contributed by atoms with Crippen LogP contribution in [0.4, 0.5) is 11.5 Å². The van der Waals surface area contributed by atoms with Crippen molar-refractivity contribution in [3.8, 4) is 0 Å². The van der Waals surface area contributed by atoms with Crippen molar-refractivity contribution < 1.29 is 0 Å². The smallest absolute Gasteiger partial charge is 0.144 e. The van der Waals surface area contributed by atoms with Crippen LogP contribution in [0.5, 0.6) is 0 Å². The van der Waals surface area contributed by atoms with Gasteiger partial charge < -0.3 is 4.90 Å². The number of anilines is 2. The Morgan fingerprint density at radius 3 is 2.58 bits per heavy atom. The fraction of sp³-hybridized carbons (Fsp3) is 0.0667. The number of fused-ring (bicyclic) bond motifs is 1. The van der Waals surface area contributed by atoms with Crippen molar-refractivity contribution in [1.29, 1.82) is 0 Å². The van der Waals surface area contributed by atoms with Crippen LogP contribution in [-0.4, -0.2) is 17.0 Å². The molecule has 94 valence electrons. The van der Waals surface area contributed by atoms with Gasteiger partial charge in [-0.25, -0.2) is 9.97 Å². The van der Waals surface area contributed by atoms with Crippen molar-refractivity contribution in [1.82, 2.24) is 9.97 Å². The first-order chi connectivity index (χ1) is 9.25. The lowest BCUT2D eigenvalue weighted by atomic mass is 10.2. The Morgan fingerprint density at radius 2 is 1.79 bits per heavy atom. The maximum absolute atomic E-state index is 5.99. The van der Waals surface area contributed by atoms with Crippen molar-refractivity contribution in [3.05, 3.63) is 59.9 Å². The van der Waals surface area contributed by atoms with Crippen LogP contribution in [0.25, 0.3) is 10.9 Å². The minimum absolute atomic E-state index is 0.680. The van der Waals surface area contributed by atoms with Crippen LogP contribution in [-0.2, 0) is 0 Å². The highest BCUT2D eigenvalue weighted by Gasteiger charge is 2.10. The van der Waals surface area contributed by atoms with Gasteiger partial charge in [0.05, 0.1) is 5.52 Å². The predicted molar refractivity (Wildman–Crippen MR) is 79.1 cm³/mol. The summed E-state index contributed by atoms with van der Waals surface area (Å²) < 4.78 is 0. The highest BCUT2D eigenvalue weighted by Crippen LogP contribution is 2.28. The Kier molecular flexibility index (Phi) is 3.05. The number of hydrogen-bond acceptors (Lipinski definition) is 3. The highest BCUT2D eigenvalue weighted by molar-refractivity contribution is 6.31. The second-order valence-electron chi connectivity index (χ2n) is 4.25. The third-order valence-electron chi connectivity index (χ3n) is 3.04. The largest absolute Gasteiger partial charge is 0.329 e. The van der Waals surface area contributed by atoms with E-state index in [0.717, 1.165) is 22.4 Å². The van der Waals surface area contributed by atoms with E-state index in [1.54, 1.807) is 6.33 Å². The predicted octanol–water partition coefficient (Wildman–Crippen LogP) is 4.05. The minimum Gasteiger partial charge on any atom is -0.329 e. The van der Waals surface area contributed by atoms with Crippen LogP contribution in [0.1, 0.15) is 0 Å². The van der Waals surface area contributed by atoms with E-state index in [1.807, 2.05) is 60.5 Å². The number of aromatic nitrogens is 2. The second-order valence-corrected chi connectivity index (χ2v) is 4.69. The molecule has 3 aromatic rings. The summed E-state index contributed by atoms with van der Waals surface area (Å²) in [5.41, 5.74) is 1.93. The summed E-state index contributed by atoms with van der Waals surface area (Å²) in [4.78, 5) is 10.7. The van der Waals surface area contributed by atoms with Crippen LogP contribution in [0.3, 0.4) is 0 Å². The molecule has 0 saturated carbocycles. The van der Waals surface area contributed by atoms with Crippen LogP contribution >= 0.6 is 11.6 Å². The highest BCUT2D eigenvalue weighted by atomic mass is 35.5. The number of nitrogens with zero attached hydrogens (tertiary/aromatic N) is 3. The fourth-order valence-corrected chi connectivity index (χ4v) is 2.22. The quantitative estimate of drug-likeness (QED) is 0.703. The molecule has 2 aromatic carbocycles. The summed E-state index contributed by atoms with van der Waals surface area (Å²) >= 11 is 5.99. The molecule has 0 spiro atoms. The molecule has 1 aromatic heterocycles. The van der Waals surface area contributed by atoms with Crippen LogP contribution in [0, 0.1) is 0 Å². The van der Waals surface area contributed by atoms with Crippen molar-refractivity contribution in [2.75, 3.05) is 11.9 Å². The van der Waals surface area contributed by atoms with Gasteiger partial charge in [-0.05, 0) is 30.3 Å². The molecule has 0 N–H and O–H groups in total. The van der Waals surface area contributed by atoms with Gasteiger partial charge in [-0.3, -0.25) is 0 Å². The van der Waals surface area contributed by atoms with E-state index in [9.17, 15) is 0 Å². The molecule has 1 heterocycles. The van der Waals surface area contributed by atoms with Crippen molar-refractivity contribution in [3.63, 3.8) is 0 Å². The van der Waals surface area contributed by atoms with E-state index in [0.29, 0.717) is 5.02 Å². The Bertz CT molecular complexity index is 713. The minimum atomic E-state index is 0.680. The Balaban J connectivity index is 2.15. The van der Waals surface area contributed by atoms with E-state index in [1.165, 1.54) is 0 Å². The molecule has 0 aliphatic rings. The van der Waals surface area contributed by atoms with Gasteiger partial charge in [0.15, 0.2) is 0 Å². The van der Waals surface area contributed by atoms with Crippen molar-refractivity contribution in [2.45, 2.75) is 0 Å². The molecule has 19 heavy (non-hydrogen) atoms. The average molecular weight is 270 g/mol. The van der Waals surface area contributed by atoms with E-state index in [-0.39, 0.29) is 0 Å². The van der Waals surface area contributed by atoms with Gasteiger partial charge in [-0.1, -0.05) is 29.8 Å². The third-order valence-corrected chi connectivity index (χ3v) is 3.27. The zero-order valence-electron chi connectivity index (χ0n) is 10.4. The molecule has 0 saturated heterocycles. The maximum Gasteiger partial charge on any atom is 0.144 e. The molecular formula is C15H12ClN3. The van der Waals surface area contributed by atoms with Crippen LogP contribution in [0.2, 0.25) is 5.02 Å². The third kappa shape index (κ3) is 2.25. The van der Waals surface area contributed by atoms with Gasteiger partial charge in [-0.15, -0.1) is 0 Å².